The second-order valence-corrected chi connectivity index (χ2v) is 9.43. The fourth-order valence-corrected chi connectivity index (χ4v) is 5.61. The fraction of sp³-hybridized carbons (Fsp3) is 0.381. The molecule has 0 aromatic heterocycles. The van der Waals surface area contributed by atoms with E-state index in [1.807, 2.05) is 0 Å². The van der Waals surface area contributed by atoms with Gasteiger partial charge in [-0.05, 0) is 0 Å². The predicted molar refractivity (Wildman–Crippen MR) is 100 cm³/mol. The van der Waals surface area contributed by atoms with Gasteiger partial charge in [0.15, 0.2) is 0 Å². The first-order valence-electron chi connectivity index (χ1n) is 8.41. The van der Waals surface area contributed by atoms with Crippen LogP contribution >= 0.6 is 0 Å². The van der Waals surface area contributed by atoms with Crippen molar-refractivity contribution in [2.24, 2.45) is 5.41 Å². The molecule has 2 aromatic rings. The quantitative estimate of drug-likeness (QED) is 0.550. The Balaban J connectivity index is 1.75. The van der Waals surface area contributed by atoms with Crippen molar-refractivity contribution in [2.45, 2.75) is 44.6 Å². The van der Waals surface area contributed by atoms with Gasteiger partial charge in [0.2, 0.25) is 0 Å². The van der Waals surface area contributed by atoms with Crippen LogP contribution in [0.15, 0.2) is 60.7 Å². The summed E-state index contributed by atoms with van der Waals surface area (Å²) in [7, 11) is 0. The summed E-state index contributed by atoms with van der Waals surface area (Å²) in [5, 5.41) is 1.29. The molecule has 1 aliphatic rings. The van der Waals surface area contributed by atoms with Crippen LogP contribution in [-0.4, -0.2) is 31.8 Å². The molecule has 0 saturated heterocycles. The summed E-state index contributed by atoms with van der Waals surface area (Å²) in [5.41, 5.74) is 1.72. The molecular weight excluding hydrogens is 345 g/mol. The molecule has 0 N–H and O–H groups in total. The number of nitrogens with zero attached hydrogens (tertiary/aromatic N) is 1. The normalized spacial score (nSPS) is 21.0. The van der Waals surface area contributed by atoms with E-state index in [0.29, 0.717) is 32.5 Å². The number of rotatable bonds is 5. The molecule has 1 nitrogen and oxygen atoms in total. The predicted octanol–water partition coefficient (Wildman–Crippen LogP) is 4.08. The van der Waals surface area contributed by atoms with Gasteiger partial charge < -0.3 is 0 Å². The summed E-state index contributed by atoms with van der Waals surface area (Å²) in [6, 6.07) is 23.0. The first-order valence-corrected chi connectivity index (χ1v) is 10.5. The standard InChI is InChI=1S/C21H26NSe/c1-17(18-10-6-4-7-11-18)22-16-21(2,3)14-19(22)15-23-20-12-8-5-9-13-20/h4-13,16-17,19H,14-15H2,1-3H3/q+1/t17-,19?/m1/s1. The van der Waals surface area contributed by atoms with E-state index in [1.54, 1.807) is 0 Å². The van der Waals surface area contributed by atoms with Gasteiger partial charge in [0.05, 0.1) is 0 Å². The van der Waals surface area contributed by atoms with Gasteiger partial charge in [-0.2, -0.15) is 0 Å². The van der Waals surface area contributed by atoms with Crippen LogP contribution in [0.3, 0.4) is 0 Å². The van der Waals surface area contributed by atoms with Crippen LogP contribution in [0.5, 0.6) is 0 Å². The molecule has 0 bridgehead atoms. The molecule has 23 heavy (non-hydrogen) atoms. The van der Waals surface area contributed by atoms with E-state index in [-0.39, 0.29) is 0 Å². The van der Waals surface area contributed by atoms with Crippen LogP contribution in [0.4, 0.5) is 0 Å². The molecule has 0 amide bonds. The van der Waals surface area contributed by atoms with Gasteiger partial charge in [-0.3, -0.25) is 0 Å². The monoisotopic (exact) mass is 372 g/mol. The summed E-state index contributed by atoms with van der Waals surface area (Å²) in [6.07, 6.45) is 3.75. The molecule has 1 aliphatic heterocycles. The van der Waals surface area contributed by atoms with Gasteiger partial charge in [-0.1, -0.05) is 0 Å². The van der Waals surface area contributed by atoms with E-state index in [1.165, 1.54) is 21.8 Å². The molecule has 1 unspecified atom stereocenters. The molecule has 2 aromatic carbocycles. The Bertz CT molecular complexity index is 661. The third kappa shape index (κ3) is 4.13. The van der Waals surface area contributed by atoms with E-state index in [0.717, 1.165) is 0 Å². The fourth-order valence-electron chi connectivity index (χ4n) is 3.46. The van der Waals surface area contributed by atoms with Crippen molar-refractivity contribution in [1.29, 1.82) is 0 Å². The average molecular weight is 371 g/mol. The van der Waals surface area contributed by atoms with Gasteiger partial charge >= 0.3 is 146 Å². The molecule has 2 heteroatoms. The summed E-state index contributed by atoms with van der Waals surface area (Å²) >= 11 is 0.550. The molecule has 0 radical (unpaired) electrons. The van der Waals surface area contributed by atoms with Gasteiger partial charge in [0.25, 0.3) is 0 Å². The Morgan fingerprint density at radius 2 is 1.65 bits per heavy atom. The Morgan fingerprint density at radius 1 is 1.04 bits per heavy atom. The zero-order chi connectivity index (χ0) is 16.3. The van der Waals surface area contributed by atoms with E-state index >= 15 is 0 Å². The van der Waals surface area contributed by atoms with Crippen LogP contribution in [-0.2, 0) is 0 Å². The minimum absolute atomic E-state index is 0.306. The van der Waals surface area contributed by atoms with Crippen molar-refractivity contribution in [3.8, 4) is 0 Å². The van der Waals surface area contributed by atoms with Crippen molar-refractivity contribution < 1.29 is 4.58 Å². The molecule has 0 saturated carbocycles. The Morgan fingerprint density at radius 3 is 2.30 bits per heavy atom. The Hall–Kier alpha value is -1.37. The molecule has 1 heterocycles. The maximum absolute atomic E-state index is 2.63. The minimum atomic E-state index is 0.306. The molecule has 120 valence electrons. The zero-order valence-electron chi connectivity index (χ0n) is 14.3. The van der Waals surface area contributed by atoms with Crippen LogP contribution in [0.25, 0.3) is 0 Å². The van der Waals surface area contributed by atoms with E-state index < -0.39 is 0 Å². The molecule has 3 rings (SSSR count). The third-order valence-electron chi connectivity index (χ3n) is 4.60. The number of benzene rings is 2. The molecule has 0 aliphatic carbocycles. The van der Waals surface area contributed by atoms with Gasteiger partial charge in [-0.15, -0.1) is 0 Å². The third-order valence-corrected chi connectivity index (χ3v) is 7.02. The van der Waals surface area contributed by atoms with Crippen molar-refractivity contribution >= 4 is 25.6 Å². The van der Waals surface area contributed by atoms with Crippen molar-refractivity contribution in [2.75, 3.05) is 0 Å². The summed E-state index contributed by atoms with van der Waals surface area (Å²) in [6.45, 7) is 7.08. The van der Waals surface area contributed by atoms with E-state index in [9.17, 15) is 0 Å². The van der Waals surface area contributed by atoms with Gasteiger partial charge in [0, 0.05) is 0 Å². The maximum atomic E-state index is 2.63. The molecule has 0 spiro atoms. The van der Waals surface area contributed by atoms with E-state index in [4.69, 9.17) is 0 Å². The SMILES string of the molecule is C[C@H](c1ccccc1)[N+]1=CC(C)(C)CC1C[Se]c1ccccc1. The second kappa shape index (κ2) is 7.03. The summed E-state index contributed by atoms with van der Waals surface area (Å²) in [4.78, 5) is 0. The second-order valence-electron chi connectivity index (χ2n) is 7.13. The van der Waals surface area contributed by atoms with Crippen LogP contribution in [0, 0.1) is 5.41 Å². The Labute approximate surface area is 146 Å². The first kappa shape index (κ1) is 16.5. The van der Waals surface area contributed by atoms with E-state index in [2.05, 4.69) is 92.2 Å². The zero-order valence-corrected chi connectivity index (χ0v) is 16.0. The van der Waals surface area contributed by atoms with Gasteiger partial charge in [-0.25, -0.2) is 0 Å². The van der Waals surface area contributed by atoms with Crippen molar-refractivity contribution in [1.82, 2.24) is 0 Å². The van der Waals surface area contributed by atoms with Crippen LogP contribution in [0.2, 0.25) is 5.32 Å². The molecule has 0 fully saturated rings. The van der Waals surface area contributed by atoms with Gasteiger partial charge in [0.1, 0.15) is 0 Å². The van der Waals surface area contributed by atoms with Crippen LogP contribution in [0.1, 0.15) is 38.8 Å². The molecular formula is C21H26NSe+. The Kier molecular flexibility index (Phi) is 5.04. The molecule has 2 atom stereocenters. The summed E-state index contributed by atoms with van der Waals surface area (Å²) < 4.78 is 4.14. The van der Waals surface area contributed by atoms with Crippen molar-refractivity contribution in [3.63, 3.8) is 0 Å². The van der Waals surface area contributed by atoms with Crippen molar-refractivity contribution in [3.05, 3.63) is 66.2 Å². The topological polar surface area (TPSA) is 3.01 Å². The number of hydrogen-bond donors (Lipinski definition) is 0. The summed E-state index contributed by atoms with van der Waals surface area (Å²) in [5.74, 6) is 0. The van der Waals surface area contributed by atoms with Crippen LogP contribution < -0.4 is 4.46 Å². The average Bonchev–Trinajstić information content (AvgIpc) is 2.89. The number of hydrogen-bond acceptors (Lipinski definition) is 0. The first-order chi connectivity index (χ1) is 11.1.